The Morgan fingerprint density at radius 3 is 2.38 bits per heavy atom. The summed E-state index contributed by atoms with van der Waals surface area (Å²) >= 11 is 6.07. The molecule has 2 aromatic carbocycles. The summed E-state index contributed by atoms with van der Waals surface area (Å²) in [6.45, 7) is 2.22. The van der Waals surface area contributed by atoms with Gasteiger partial charge in [-0.15, -0.1) is 0 Å². The average Bonchev–Trinajstić information content (AvgIpc) is 3.20. The Kier molecular flexibility index (Phi) is 6.12. The maximum atomic E-state index is 12.3. The van der Waals surface area contributed by atoms with Crippen molar-refractivity contribution in [2.45, 2.75) is 19.4 Å². The molecule has 0 radical (unpaired) electrons. The van der Waals surface area contributed by atoms with Crippen molar-refractivity contribution in [3.8, 4) is 0 Å². The van der Waals surface area contributed by atoms with Crippen molar-refractivity contribution in [1.82, 2.24) is 10.2 Å². The monoisotopic (exact) mass is 371 g/mol. The fourth-order valence-corrected chi connectivity index (χ4v) is 3.12. The summed E-state index contributed by atoms with van der Waals surface area (Å²) in [5.41, 5.74) is 2.36. The molecular weight excluding hydrogens is 350 g/mol. The minimum absolute atomic E-state index is 0.0755. The van der Waals surface area contributed by atoms with Crippen molar-refractivity contribution >= 4 is 29.1 Å². The summed E-state index contributed by atoms with van der Waals surface area (Å²) in [6.07, 6.45) is 2.16. The highest BCUT2D eigenvalue weighted by molar-refractivity contribution is 6.31. The number of anilines is 1. The van der Waals surface area contributed by atoms with Gasteiger partial charge in [0.1, 0.15) is 0 Å². The number of hydrogen-bond donors (Lipinski definition) is 2. The molecule has 0 atom stereocenters. The Balaban J connectivity index is 1.46. The molecule has 0 aromatic heterocycles. The molecule has 1 aliphatic heterocycles. The van der Waals surface area contributed by atoms with E-state index in [1.165, 1.54) is 0 Å². The Hall–Kier alpha value is -2.53. The molecule has 1 heterocycles. The van der Waals surface area contributed by atoms with Crippen LogP contribution in [0.15, 0.2) is 48.5 Å². The molecule has 2 N–H and O–H groups in total. The Morgan fingerprint density at radius 2 is 1.69 bits per heavy atom. The van der Waals surface area contributed by atoms with Crippen molar-refractivity contribution in [2.75, 3.05) is 25.0 Å². The third-order valence-corrected chi connectivity index (χ3v) is 4.78. The SMILES string of the molecule is O=C(CNc1ccc(C(=O)N2CCCC2)cc1)NCc1ccccc1Cl. The smallest absolute Gasteiger partial charge is 0.253 e. The van der Waals surface area contributed by atoms with Crippen LogP contribution < -0.4 is 10.6 Å². The molecular formula is C20H22ClN3O2. The van der Waals surface area contributed by atoms with Gasteiger partial charge in [-0.2, -0.15) is 0 Å². The number of benzene rings is 2. The zero-order valence-corrected chi connectivity index (χ0v) is 15.3. The molecule has 0 spiro atoms. The van der Waals surface area contributed by atoms with Crippen LogP contribution in [0.3, 0.4) is 0 Å². The van der Waals surface area contributed by atoms with Crippen LogP contribution in [0.25, 0.3) is 0 Å². The minimum Gasteiger partial charge on any atom is -0.376 e. The molecule has 1 fully saturated rings. The highest BCUT2D eigenvalue weighted by Gasteiger charge is 2.19. The molecule has 0 aliphatic carbocycles. The number of nitrogens with zero attached hydrogens (tertiary/aromatic N) is 1. The summed E-state index contributed by atoms with van der Waals surface area (Å²) < 4.78 is 0. The number of halogens is 1. The van der Waals surface area contributed by atoms with Crippen molar-refractivity contribution in [2.24, 2.45) is 0 Å². The third kappa shape index (κ3) is 4.76. The fraction of sp³-hybridized carbons (Fsp3) is 0.300. The van der Waals surface area contributed by atoms with Crippen LogP contribution in [0.4, 0.5) is 5.69 Å². The molecule has 2 amide bonds. The first kappa shape index (κ1) is 18.3. The van der Waals surface area contributed by atoms with Gasteiger partial charge in [0.25, 0.3) is 5.91 Å². The van der Waals surface area contributed by atoms with Crippen molar-refractivity contribution in [3.05, 3.63) is 64.7 Å². The number of rotatable bonds is 6. The van der Waals surface area contributed by atoms with E-state index in [0.717, 1.165) is 37.2 Å². The van der Waals surface area contributed by atoms with E-state index in [4.69, 9.17) is 11.6 Å². The molecule has 2 aromatic rings. The first-order valence-corrected chi connectivity index (χ1v) is 9.14. The van der Waals surface area contributed by atoms with Crippen LogP contribution in [-0.4, -0.2) is 36.3 Å². The van der Waals surface area contributed by atoms with Gasteiger partial charge in [-0.3, -0.25) is 9.59 Å². The zero-order valence-electron chi connectivity index (χ0n) is 14.5. The Labute approximate surface area is 158 Å². The highest BCUT2D eigenvalue weighted by Crippen LogP contribution is 2.16. The van der Waals surface area contributed by atoms with Gasteiger partial charge in [0.15, 0.2) is 0 Å². The lowest BCUT2D eigenvalue weighted by Gasteiger charge is -2.15. The maximum absolute atomic E-state index is 12.3. The number of hydrogen-bond acceptors (Lipinski definition) is 3. The van der Waals surface area contributed by atoms with E-state index in [9.17, 15) is 9.59 Å². The number of nitrogens with one attached hydrogen (secondary N) is 2. The number of carbonyl (C=O) groups is 2. The molecule has 3 rings (SSSR count). The number of amides is 2. The third-order valence-electron chi connectivity index (χ3n) is 4.41. The largest absolute Gasteiger partial charge is 0.376 e. The van der Waals surface area contributed by atoms with Crippen LogP contribution in [0.2, 0.25) is 5.02 Å². The molecule has 0 saturated carbocycles. The lowest BCUT2D eigenvalue weighted by molar-refractivity contribution is -0.119. The quantitative estimate of drug-likeness (QED) is 0.819. The van der Waals surface area contributed by atoms with Crippen molar-refractivity contribution < 1.29 is 9.59 Å². The van der Waals surface area contributed by atoms with Crippen molar-refractivity contribution in [3.63, 3.8) is 0 Å². The standard InChI is InChI=1S/C20H22ClN3O2/c21-18-6-2-1-5-16(18)13-23-19(25)14-22-17-9-7-15(8-10-17)20(26)24-11-3-4-12-24/h1-2,5-10,22H,3-4,11-14H2,(H,23,25). The summed E-state index contributed by atoms with van der Waals surface area (Å²) in [4.78, 5) is 26.2. The first-order chi connectivity index (χ1) is 12.6. The predicted molar refractivity (Wildman–Crippen MR) is 103 cm³/mol. The van der Waals surface area contributed by atoms with Gasteiger partial charge < -0.3 is 15.5 Å². The second kappa shape index (κ2) is 8.72. The van der Waals surface area contributed by atoms with Gasteiger partial charge >= 0.3 is 0 Å². The lowest BCUT2D eigenvalue weighted by Crippen LogP contribution is -2.29. The summed E-state index contributed by atoms with van der Waals surface area (Å²) in [5.74, 6) is -0.0475. The van der Waals surface area contributed by atoms with Gasteiger partial charge in [0.05, 0.1) is 6.54 Å². The van der Waals surface area contributed by atoms with Gasteiger partial charge in [-0.05, 0) is 48.7 Å². The van der Waals surface area contributed by atoms with E-state index in [1.807, 2.05) is 35.2 Å². The molecule has 1 aliphatic rings. The number of likely N-dealkylation sites (tertiary alicyclic amines) is 1. The predicted octanol–water partition coefficient (Wildman–Crippen LogP) is 3.30. The van der Waals surface area contributed by atoms with Gasteiger partial charge in [0, 0.05) is 35.9 Å². The average molecular weight is 372 g/mol. The normalized spacial score (nSPS) is 13.5. The highest BCUT2D eigenvalue weighted by atomic mass is 35.5. The topological polar surface area (TPSA) is 61.4 Å². The molecule has 6 heteroatoms. The van der Waals surface area contributed by atoms with E-state index in [1.54, 1.807) is 18.2 Å². The van der Waals surface area contributed by atoms with Crippen LogP contribution in [-0.2, 0) is 11.3 Å². The second-order valence-electron chi connectivity index (χ2n) is 6.30. The Morgan fingerprint density at radius 1 is 1.00 bits per heavy atom. The molecule has 5 nitrogen and oxygen atoms in total. The Bertz CT molecular complexity index is 771. The summed E-state index contributed by atoms with van der Waals surface area (Å²) in [5, 5.41) is 6.53. The lowest BCUT2D eigenvalue weighted by atomic mass is 10.2. The molecule has 1 saturated heterocycles. The van der Waals surface area contributed by atoms with Crippen LogP contribution in [0.5, 0.6) is 0 Å². The molecule has 26 heavy (non-hydrogen) atoms. The molecule has 136 valence electrons. The van der Waals surface area contributed by atoms with Crippen LogP contribution in [0.1, 0.15) is 28.8 Å². The van der Waals surface area contributed by atoms with E-state index in [-0.39, 0.29) is 18.4 Å². The fourth-order valence-electron chi connectivity index (χ4n) is 2.91. The second-order valence-corrected chi connectivity index (χ2v) is 6.71. The first-order valence-electron chi connectivity index (χ1n) is 8.77. The van der Waals surface area contributed by atoms with E-state index < -0.39 is 0 Å². The van der Waals surface area contributed by atoms with Gasteiger partial charge in [0.2, 0.25) is 5.91 Å². The van der Waals surface area contributed by atoms with Crippen molar-refractivity contribution in [1.29, 1.82) is 0 Å². The van der Waals surface area contributed by atoms with Gasteiger partial charge in [-0.1, -0.05) is 29.8 Å². The number of carbonyl (C=O) groups excluding carboxylic acids is 2. The summed E-state index contributed by atoms with van der Waals surface area (Å²) in [6, 6.07) is 14.7. The van der Waals surface area contributed by atoms with E-state index in [2.05, 4.69) is 10.6 Å². The summed E-state index contributed by atoms with van der Waals surface area (Å²) in [7, 11) is 0. The van der Waals surface area contributed by atoms with E-state index >= 15 is 0 Å². The van der Waals surface area contributed by atoms with Crippen LogP contribution in [0, 0.1) is 0 Å². The van der Waals surface area contributed by atoms with E-state index in [0.29, 0.717) is 17.1 Å². The maximum Gasteiger partial charge on any atom is 0.253 e. The minimum atomic E-state index is -0.123. The van der Waals surface area contributed by atoms with Gasteiger partial charge in [-0.25, -0.2) is 0 Å². The molecule has 0 unspecified atom stereocenters. The zero-order chi connectivity index (χ0) is 18.4. The van der Waals surface area contributed by atoms with Crippen LogP contribution >= 0.6 is 11.6 Å². The molecule has 0 bridgehead atoms.